The fraction of sp³-hybridized carbons (Fsp3) is 0.571. The van der Waals surface area contributed by atoms with Gasteiger partial charge >= 0.3 is 0 Å². The smallest absolute Gasteiger partial charge is 0.178 e. The van der Waals surface area contributed by atoms with Gasteiger partial charge in [-0.25, -0.2) is 0 Å². The van der Waals surface area contributed by atoms with Crippen molar-refractivity contribution >= 4 is 11.5 Å². The van der Waals surface area contributed by atoms with Crippen molar-refractivity contribution in [3.63, 3.8) is 0 Å². The second-order valence-corrected chi connectivity index (χ2v) is 4.87. The van der Waals surface area contributed by atoms with E-state index in [0.717, 1.165) is 25.4 Å². The summed E-state index contributed by atoms with van der Waals surface area (Å²) in [5, 5.41) is 0. The van der Waals surface area contributed by atoms with E-state index in [9.17, 15) is 4.79 Å². The van der Waals surface area contributed by atoms with Gasteiger partial charge in [0.05, 0.1) is 18.5 Å². The molecule has 18 heavy (non-hydrogen) atoms. The van der Waals surface area contributed by atoms with E-state index in [1.807, 2.05) is 6.07 Å². The van der Waals surface area contributed by atoms with Crippen LogP contribution in [0.4, 0.5) is 5.69 Å². The molecule has 1 aliphatic heterocycles. The molecule has 0 saturated carbocycles. The third kappa shape index (κ3) is 3.07. The molecule has 1 unspecified atom stereocenters. The molecule has 1 saturated heterocycles. The van der Waals surface area contributed by atoms with Gasteiger partial charge in [-0.1, -0.05) is 0 Å². The van der Waals surface area contributed by atoms with Gasteiger partial charge in [-0.2, -0.15) is 0 Å². The highest BCUT2D eigenvalue weighted by atomic mass is 16.5. The summed E-state index contributed by atoms with van der Waals surface area (Å²) in [4.78, 5) is 17.7. The number of ether oxygens (including phenoxy) is 1. The van der Waals surface area contributed by atoms with Gasteiger partial charge in [0.15, 0.2) is 5.78 Å². The summed E-state index contributed by atoms with van der Waals surface area (Å²) in [6.45, 7) is 4.42. The molecule has 1 atom stereocenters. The molecule has 1 aromatic heterocycles. The van der Waals surface area contributed by atoms with Gasteiger partial charge in [-0.05, 0) is 30.9 Å². The molecule has 2 rings (SSSR count). The van der Waals surface area contributed by atoms with Crippen LogP contribution in [0.3, 0.4) is 0 Å². The molecule has 0 spiro atoms. The van der Waals surface area contributed by atoms with Crippen molar-refractivity contribution in [2.75, 3.05) is 31.7 Å². The summed E-state index contributed by atoms with van der Waals surface area (Å²) in [6, 6.07) is 3.79. The maximum atomic E-state index is 11.2. The summed E-state index contributed by atoms with van der Waals surface area (Å²) in [5.41, 5.74) is 1.63. The molecule has 98 valence electrons. The monoisotopic (exact) mass is 248 g/mol. The molecule has 0 bridgehead atoms. The topological polar surface area (TPSA) is 42.4 Å². The number of ketones is 1. The summed E-state index contributed by atoms with van der Waals surface area (Å²) in [5.74, 6) is 0.605. The molecule has 1 aliphatic rings. The summed E-state index contributed by atoms with van der Waals surface area (Å²) in [7, 11) is 1.75. The van der Waals surface area contributed by atoms with Crippen molar-refractivity contribution in [2.45, 2.75) is 19.8 Å². The first kappa shape index (κ1) is 13.0. The van der Waals surface area contributed by atoms with Crippen LogP contribution in [0.1, 0.15) is 30.3 Å². The lowest BCUT2D eigenvalue weighted by atomic mass is 9.98. The van der Waals surface area contributed by atoms with Gasteiger partial charge in [0.2, 0.25) is 0 Å². The zero-order valence-corrected chi connectivity index (χ0v) is 11.1. The van der Waals surface area contributed by atoms with Crippen molar-refractivity contribution in [1.29, 1.82) is 0 Å². The van der Waals surface area contributed by atoms with E-state index in [0.29, 0.717) is 11.6 Å². The molecule has 1 fully saturated rings. The fourth-order valence-electron chi connectivity index (χ4n) is 2.45. The largest absolute Gasteiger partial charge is 0.384 e. The van der Waals surface area contributed by atoms with Gasteiger partial charge in [0, 0.05) is 27.1 Å². The Morgan fingerprint density at radius 2 is 2.39 bits per heavy atom. The van der Waals surface area contributed by atoms with Crippen molar-refractivity contribution in [3.8, 4) is 0 Å². The lowest BCUT2D eigenvalue weighted by Gasteiger charge is -2.33. The first-order valence-corrected chi connectivity index (χ1v) is 6.41. The standard InChI is InChI=1S/C14H20N2O2/c1-11(17)14-6-5-13(8-15-14)16-7-3-4-12(9-16)10-18-2/h5-6,8,12H,3-4,7,9-10H2,1-2H3. The van der Waals surface area contributed by atoms with E-state index in [1.165, 1.54) is 19.8 Å². The van der Waals surface area contributed by atoms with Crippen LogP contribution < -0.4 is 4.90 Å². The van der Waals surface area contributed by atoms with Crippen LogP contribution >= 0.6 is 0 Å². The molecule has 1 aromatic rings. The third-order valence-electron chi connectivity index (χ3n) is 3.40. The number of nitrogens with zero attached hydrogens (tertiary/aromatic N) is 2. The van der Waals surface area contributed by atoms with Crippen LogP contribution in [0.5, 0.6) is 0 Å². The van der Waals surface area contributed by atoms with E-state index in [4.69, 9.17) is 4.74 Å². The Labute approximate surface area is 108 Å². The average molecular weight is 248 g/mol. The molecular formula is C14H20N2O2. The first-order valence-electron chi connectivity index (χ1n) is 6.41. The van der Waals surface area contributed by atoms with Crippen molar-refractivity contribution in [3.05, 3.63) is 24.0 Å². The third-order valence-corrected chi connectivity index (χ3v) is 3.40. The van der Waals surface area contributed by atoms with Gasteiger partial charge in [0.25, 0.3) is 0 Å². The Morgan fingerprint density at radius 1 is 1.56 bits per heavy atom. The number of hydrogen-bond donors (Lipinski definition) is 0. The Kier molecular flexibility index (Phi) is 4.31. The molecule has 0 aromatic carbocycles. The minimum atomic E-state index is 0.0115. The number of rotatable bonds is 4. The Hall–Kier alpha value is -1.42. The highest BCUT2D eigenvalue weighted by Crippen LogP contribution is 2.22. The maximum absolute atomic E-state index is 11.2. The molecule has 0 amide bonds. The molecule has 0 aliphatic carbocycles. The van der Waals surface area contributed by atoms with Crippen LogP contribution in [0.15, 0.2) is 18.3 Å². The highest BCUT2D eigenvalue weighted by molar-refractivity contribution is 5.92. The lowest BCUT2D eigenvalue weighted by Crippen LogP contribution is -2.37. The van der Waals surface area contributed by atoms with Crippen LogP contribution in [-0.4, -0.2) is 37.6 Å². The van der Waals surface area contributed by atoms with E-state index in [-0.39, 0.29) is 5.78 Å². The Morgan fingerprint density at radius 3 is 3.00 bits per heavy atom. The summed E-state index contributed by atoms with van der Waals surface area (Å²) < 4.78 is 5.23. The van der Waals surface area contributed by atoms with E-state index in [1.54, 1.807) is 19.4 Å². The zero-order chi connectivity index (χ0) is 13.0. The molecule has 4 heteroatoms. The van der Waals surface area contributed by atoms with Crippen LogP contribution in [0.25, 0.3) is 0 Å². The van der Waals surface area contributed by atoms with E-state index in [2.05, 4.69) is 9.88 Å². The number of carbonyl (C=O) groups excluding carboxylic acids is 1. The Balaban J connectivity index is 2.04. The summed E-state index contributed by atoms with van der Waals surface area (Å²) in [6.07, 6.45) is 4.21. The number of pyridine rings is 1. The highest BCUT2D eigenvalue weighted by Gasteiger charge is 2.20. The Bertz CT molecular complexity index is 401. The van der Waals surface area contributed by atoms with Crippen LogP contribution in [-0.2, 0) is 4.74 Å². The predicted molar refractivity (Wildman–Crippen MR) is 71.1 cm³/mol. The maximum Gasteiger partial charge on any atom is 0.178 e. The number of carbonyl (C=O) groups is 1. The number of anilines is 1. The normalized spacial score (nSPS) is 19.9. The number of methoxy groups -OCH3 is 1. The lowest BCUT2D eigenvalue weighted by molar-refractivity contribution is 0.101. The molecule has 4 nitrogen and oxygen atoms in total. The van der Waals surface area contributed by atoms with E-state index < -0.39 is 0 Å². The summed E-state index contributed by atoms with van der Waals surface area (Å²) >= 11 is 0. The molecule has 0 N–H and O–H groups in total. The molecule has 2 heterocycles. The number of hydrogen-bond acceptors (Lipinski definition) is 4. The van der Waals surface area contributed by atoms with E-state index >= 15 is 0 Å². The van der Waals surface area contributed by atoms with Gasteiger partial charge in [-0.15, -0.1) is 0 Å². The van der Waals surface area contributed by atoms with Crippen molar-refractivity contribution < 1.29 is 9.53 Å². The van der Waals surface area contributed by atoms with Crippen LogP contribution in [0.2, 0.25) is 0 Å². The minimum absolute atomic E-state index is 0.0115. The molecule has 0 radical (unpaired) electrons. The van der Waals surface area contributed by atoms with Gasteiger partial charge in [0.1, 0.15) is 5.69 Å². The number of piperidine rings is 1. The van der Waals surface area contributed by atoms with Crippen LogP contribution in [0, 0.1) is 5.92 Å². The SMILES string of the molecule is COCC1CCCN(c2ccc(C(C)=O)nc2)C1. The van der Waals surface area contributed by atoms with Gasteiger partial charge in [-0.3, -0.25) is 9.78 Å². The fourth-order valence-corrected chi connectivity index (χ4v) is 2.45. The van der Waals surface area contributed by atoms with Crippen molar-refractivity contribution in [1.82, 2.24) is 4.98 Å². The molecular weight excluding hydrogens is 228 g/mol. The first-order chi connectivity index (χ1) is 8.70. The zero-order valence-electron chi connectivity index (χ0n) is 11.1. The number of Topliss-reactive ketones (excluding diaryl/α,β-unsaturated/α-hetero) is 1. The van der Waals surface area contributed by atoms with Crippen molar-refractivity contribution in [2.24, 2.45) is 5.92 Å². The minimum Gasteiger partial charge on any atom is -0.384 e. The predicted octanol–water partition coefficient (Wildman–Crippen LogP) is 2.15. The average Bonchev–Trinajstić information content (AvgIpc) is 2.39. The quantitative estimate of drug-likeness (QED) is 0.766. The second-order valence-electron chi connectivity index (χ2n) is 4.87. The number of aromatic nitrogens is 1. The van der Waals surface area contributed by atoms with Gasteiger partial charge < -0.3 is 9.64 Å². The second kappa shape index (κ2) is 5.96.